The second-order valence-corrected chi connectivity index (χ2v) is 5.68. The number of hydrogen-bond donors (Lipinski definition) is 1. The van der Waals surface area contributed by atoms with Crippen molar-refractivity contribution in [3.63, 3.8) is 0 Å². The first-order chi connectivity index (χ1) is 13.0. The number of nitrogens with one attached hydrogen (secondary N) is 1. The van der Waals surface area contributed by atoms with Crippen molar-refractivity contribution in [3.8, 4) is 17.6 Å². The van der Waals surface area contributed by atoms with Gasteiger partial charge in [0.1, 0.15) is 0 Å². The second-order valence-electron chi connectivity index (χ2n) is 5.68. The van der Waals surface area contributed by atoms with Crippen molar-refractivity contribution in [2.45, 2.75) is 19.4 Å². The van der Waals surface area contributed by atoms with Gasteiger partial charge in [-0.3, -0.25) is 9.59 Å². The Morgan fingerprint density at radius 3 is 2.52 bits per heavy atom. The summed E-state index contributed by atoms with van der Waals surface area (Å²) < 4.78 is 15.5. The van der Waals surface area contributed by atoms with Crippen molar-refractivity contribution in [1.29, 1.82) is 5.26 Å². The van der Waals surface area contributed by atoms with Crippen LogP contribution in [0.1, 0.15) is 18.1 Å². The molecule has 2 rings (SSSR count). The molecular weight excluding hydrogens is 348 g/mol. The number of methoxy groups -OCH3 is 2. The van der Waals surface area contributed by atoms with E-state index in [9.17, 15) is 9.59 Å². The molecule has 0 aliphatic heterocycles. The lowest BCUT2D eigenvalue weighted by Crippen LogP contribution is -2.30. The third-order valence-corrected chi connectivity index (χ3v) is 3.73. The molecular formula is C20H20N2O5. The molecule has 0 saturated heterocycles. The number of hydrogen-bond acceptors (Lipinski definition) is 6. The molecule has 0 fully saturated rings. The number of carbonyl (C=O) groups is 2. The van der Waals surface area contributed by atoms with Crippen molar-refractivity contribution in [2.75, 3.05) is 19.5 Å². The molecule has 1 N–H and O–H groups in total. The number of carbonyl (C=O) groups excluding carboxylic acids is 2. The number of nitriles is 1. The quantitative estimate of drug-likeness (QED) is 0.755. The van der Waals surface area contributed by atoms with Crippen LogP contribution in [-0.2, 0) is 20.7 Å². The van der Waals surface area contributed by atoms with E-state index in [-0.39, 0.29) is 6.42 Å². The van der Waals surface area contributed by atoms with Crippen LogP contribution in [0.2, 0.25) is 0 Å². The Hall–Kier alpha value is -3.53. The lowest BCUT2D eigenvalue weighted by atomic mass is 10.1. The fourth-order valence-corrected chi connectivity index (χ4v) is 2.36. The van der Waals surface area contributed by atoms with Gasteiger partial charge in [-0.15, -0.1) is 0 Å². The van der Waals surface area contributed by atoms with Crippen LogP contribution in [0.25, 0.3) is 0 Å². The molecule has 0 aliphatic carbocycles. The average Bonchev–Trinajstić information content (AvgIpc) is 2.67. The summed E-state index contributed by atoms with van der Waals surface area (Å²) in [6, 6.07) is 13.6. The molecule has 7 nitrogen and oxygen atoms in total. The van der Waals surface area contributed by atoms with Gasteiger partial charge in [-0.2, -0.15) is 5.26 Å². The van der Waals surface area contributed by atoms with Crippen LogP contribution in [0.5, 0.6) is 11.5 Å². The molecule has 2 aromatic rings. The first-order valence-electron chi connectivity index (χ1n) is 8.18. The number of esters is 1. The van der Waals surface area contributed by atoms with Crippen LogP contribution in [0.15, 0.2) is 42.5 Å². The number of benzene rings is 2. The van der Waals surface area contributed by atoms with Crippen LogP contribution in [0.4, 0.5) is 5.69 Å². The first-order valence-corrected chi connectivity index (χ1v) is 8.18. The van der Waals surface area contributed by atoms with Gasteiger partial charge in [0.15, 0.2) is 17.6 Å². The van der Waals surface area contributed by atoms with E-state index < -0.39 is 18.0 Å². The van der Waals surface area contributed by atoms with Crippen LogP contribution in [0.3, 0.4) is 0 Å². The molecule has 0 aromatic heterocycles. The van der Waals surface area contributed by atoms with Gasteiger partial charge < -0.3 is 19.5 Å². The Kier molecular flexibility index (Phi) is 6.78. The van der Waals surface area contributed by atoms with Gasteiger partial charge in [0, 0.05) is 5.69 Å². The summed E-state index contributed by atoms with van der Waals surface area (Å²) in [4.78, 5) is 24.3. The smallest absolute Gasteiger partial charge is 0.311 e. The minimum absolute atomic E-state index is 0.0120. The van der Waals surface area contributed by atoms with Gasteiger partial charge in [-0.05, 0) is 42.8 Å². The van der Waals surface area contributed by atoms with E-state index in [1.807, 2.05) is 6.07 Å². The van der Waals surface area contributed by atoms with Crippen LogP contribution >= 0.6 is 0 Å². The van der Waals surface area contributed by atoms with Gasteiger partial charge in [0.05, 0.1) is 32.3 Å². The highest BCUT2D eigenvalue weighted by Gasteiger charge is 2.19. The summed E-state index contributed by atoms with van der Waals surface area (Å²) in [5.41, 5.74) is 1.56. The summed E-state index contributed by atoms with van der Waals surface area (Å²) in [5, 5.41) is 11.5. The van der Waals surface area contributed by atoms with Crippen molar-refractivity contribution in [1.82, 2.24) is 0 Å². The molecule has 27 heavy (non-hydrogen) atoms. The summed E-state index contributed by atoms with van der Waals surface area (Å²) >= 11 is 0. The SMILES string of the molecule is COc1ccc(CC(=O)O[C@@H](C)C(=O)Nc2cccc(C#N)c2)cc1OC. The molecule has 0 bridgehead atoms. The molecule has 0 spiro atoms. The molecule has 0 unspecified atom stereocenters. The number of rotatable bonds is 7. The van der Waals surface area contributed by atoms with E-state index in [0.29, 0.717) is 28.3 Å². The van der Waals surface area contributed by atoms with E-state index in [1.165, 1.54) is 27.2 Å². The zero-order valence-electron chi connectivity index (χ0n) is 15.3. The predicted octanol–water partition coefficient (Wildman–Crippen LogP) is 2.69. The van der Waals surface area contributed by atoms with Gasteiger partial charge >= 0.3 is 5.97 Å². The van der Waals surface area contributed by atoms with Gasteiger partial charge in [-0.25, -0.2) is 0 Å². The van der Waals surface area contributed by atoms with Crippen molar-refractivity contribution >= 4 is 17.6 Å². The maximum Gasteiger partial charge on any atom is 0.311 e. The third-order valence-electron chi connectivity index (χ3n) is 3.73. The summed E-state index contributed by atoms with van der Waals surface area (Å²) in [6.07, 6.45) is -0.995. The van der Waals surface area contributed by atoms with E-state index in [4.69, 9.17) is 19.5 Å². The predicted molar refractivity (Wildman–Crippen MR) is 98.6 cm³/mol. The Morgan fingerprint density at radius 1 is 1.11 bits per heavy atom. The molecule has 0 radical (unpaired) electrons. The largest absolute Gasteiger partial charge is 0.493 e. The van der Waals surface area contributed by atoms with E-state index >= 15 is 0 Å². The number of ether oxygens (including phenoxy) is 3. The van der Waals surface area contributed by atoms with Crippen molar-refractivity contribution < 1.29 is 23.8 Å². The molecule has 1 amide bonds. The number of anilines is 1. The zero-order valence-corrected chi connectivity index (χ0v) is 15.3. The molecule has 0 saturated carbocycles. The lowest BCUT2D eigenvalue weighted by molar-refractivity contribution is -0.152. The van der Waals surface area contributed by atoms with Crippen LogP contribution < -0.4 is 14.8 Å². The molecule has 7 heteroatoms. The Morgan fingerprint density at radius 2 is 1.85 bits per heavy atom. The third kappa shape index (κ3) is 5.47. The van der Waals surface area contributed by atoms with Gasteiger partial charge in [0.2, 0.25) is 0 Å². The van der Waals surface area contributed by atoms with Crippen molar-refractivity contribution in [3.05, 3.63) is 53.6 Å². The van der Waals surface area contributed by atoms with Gasteiger partial charge in [0.25, 0.3) is 5.91 Å². The minimum Gasteiger partial charge on any atom is -0.493 e. The summed E-state index contributed by atoms with van der Waals surface area (Å²) in [5.74, 6) is 0.0364. The molecule has 1 atom stereocenters. The van der Waals surface area contributed by atoms with E-state index in [0.717, 1.165) is 0 Å². The molecule has 2 aromatic carbocycles. The Labute approximate surface area is 157 Å². The second kappa shape index (κ2) is 9.25. The highest BCUT2D eigenvalue weighted by Crippen LogP contribution is 2.27. The first kappa shape index (κ1) is 19.8. The fourth-order valence-electron chi connectivity index (χ4n) is 2.36. The van der Waals surface area contributed by atoms with E-state index in [1.54, 1.807) is 36.4 Å². The average molecular weight is 368 g/mol. The van der Waals surface area contributed by atoms with Crippen LogP contribution in [-0.4, -0.2) is 32.2 Å². The van der Waals surface area contributed by atoms with Crippen LogP contribution in [0, 0.1) is 11.3 Å². The van der Waals surface area contributed by atoms with Crippen molar-refractivity contribution in [2.24, 2.45) is 0 Å². The lowest BCUT2D eigenvalue weighted by Gasteiger charge is -2.14. The Balaban J connectivity index is 1.94. The standard InChI is InChI=1S/C20H20N2O5/c1-13(20(24)22-16-6-4-5-15(9-16)12-21)27-19(23)11-14-7-8-17(25-2)18(10-14)26-3/h4-10,13H,11H2,1-3H3,(H,22,24)/t13-/m0/s1. The fraction of sp³-hybridized carbons (Fsp3) is 0.250. The maximum atomic E-state index is 12.2. The molecule has 0 aliphatic rings. The highest BCUT2D eigenvalue weighted by molar-refractivity contribution is 5.95. The Bertz CT molecular complexity index is 873. The highest BCUT2D eigenvalue weighted by atomic mass is 16.5. The number of nitrogens with zero attached hydrogens (tertiary/aromatic N) is 1. The monoisotopic (exact) mass is 368 g/mol. The molecule has 140 valence electrons. The number of amides is 1. The summed E-state index contributed by atoms with van der Waals surface area (Å²) in [7, 11) is 3.03. The maximum absolute atomic E-state index is 12.2. The normalized spacial score (nSPS) is 11.0. The zero-order chi connectivity index (χ0) is 19.8. The minimum atomic E-state index is -0.983. The summed E-state index contributed by atoms with van der Waals surface area (Å²) in [6.45, 7) is 1.48. The molecule has 0 heterocycles. The van der Waals surface area contributed by atoms with Gasteiger partial charge in [-0.1, -0.05) is 12.1 Å². The topological polar surface area (TPSA) is 97.6 Å². The van der Waals surface area contributed by atoms with E-state index in [2.05, 4.69) is 5.32 Å².